The fraction of sp³-hybridized carbons (Fsp3) is 1.00. The number of piperazine rings is 1. The van der Waals surface area contributed by atoms with Crippen molar-refractivity contribution in [2.75, 3.05) is 59.9 Å². The van der Waals surface area contributed by atoms with E-state index in [0.29, 0.717) is 0 Å². The van der Waals surface area contributed by atoms with Crippen molar-refractivity contribution in [3.63, 3.8) is 0 Å². The molecular formula is C13H29N3. The standard InChI is InChI=1S/C13H29N3/c1-13(2)12-15(4)6-5-7-16-10-8-14(3)9-11-16/h13H,5-12H2,1-4H3. The van der Waals surface area contributed by atoms with Crippen molar-refractivity contribution in [3.8, 4) is 0 Å². The van der Waals surface area contributed by atoms with Crippen LogP contribution in [0.5, 0.6) is 0 Å². The molecule has 0 aromatic rings. The zero-order valence-corrected chi connectivity index (χ0v) is 11.6. The van der Waals surface area contributed by atoms with E-state index in [9.17, 15) is 0 Å². The van der Waals surface area contributed by atoms with E-state index in [1.807, 2.05) is 0 Å². The van der Waals surface area contributed by atoms with Crippen LogP contribution in [0.4, 0.5) is 0 Å². The van der Waals surface area contributed by atoms with Gasteiger partial charge in [-0.1, -0.05) is 13.8 Å². The molecule has 0 aliphatic carbocycles. The number of hydrogen-bond donors (Lipinski definition) is 0. The van der Waals surface area contributed by atoms with Gasteiger partial charge in [0.1, 0.15) is 0 Å². The molecule has 0 spiro atoms. The van der Waals surface area contributed by atoms with E-state index in [1.165, 1.54) is 52.2 Å². The van der Waals surface area contributed by atoms with Crippen molar-refractivity contribution in [3.05, 3.63) is 0 Å². The van der Waals surface area contributed by atoms with Crippen LogP contribution in [-0.4, -0.2) is 74.6 Å². The Balaban J connectivity index is 2.02. The van der Waals surface area contributed by atoms with Gasteiger partial charge in [-0.2, -0.15) is 0 Å². The highest BCUT2D eigenvalue weighted by atomic mass is 15.2. The van der Waals surface area contributed by atoms with Crippen LogP contribution < -0.4 is 0 Å². The Morgan fingerprint density at radius 2 is 1.75 bits per heavy atom. The normalized spacial score (nSPS) is 19.9. The van der Waals surface area contributed by atoms with Crippen molar-refractivity contribution in [2.24, 2.45) is 5.92 Å². The van der Waals surface area contributed by atoms with E-state index in [-0.39, 0.29) is 0 Å². The second kappa shape index (κ2) is 7.25. The molecule has 1 heterocycles. The number of nitrogens with zero attached hydrogens (tertiary/aromatic N) is 3. The monoisotopic (exact) mass is 227 g/mol. The number of likely N-dealkylation sites (N-methyl/N-ethyl adjacent to an activating group) is 1. The van der Waals surface area contributed by atoms with Crippen molar-refractivity contribution in [1.29, 1.82) is 0 Å². The summed E-state index contributed by atoms with van der Waals surface area (Å²) in [6, 6.07) is 0. The molecule has 1 aliphatic heterocycles. The summed E-state index contributed by atoms with van der Waals surface area (Å²) in [6.07, 6.45) is 1.31. The molecule has 0 atom stereocenters. The fourth-order valence-electron chi connectivity index (χ4n) is 2.35. The summed E-state index contributed by atoms with van der Waals surface area (Å²) in [6.45, 7) is 13.3. The Kier molecular flexibility index (Phi) is 6.32. The van der Waals surface area contributed by atoms with Crippen LogP contribution in [-0.2, 0) is 0 Å². The predicted octanol–water partition coefficient (Wildman–Crippen LogP) is 1.21. The van der Waals surface area contributed by atoms with Gasteiger partial charge in [-0.05, 0) is 39.5 Å². The van der Waals surface area contributed by atoms with Crippen LogP contribution >= 0.6 is 0 Å². The number of rotatable bonds is 6. The zero-order chi connectivity index (χ0) is 12.0. The fourth-order valence-corrected chi connectivity index (χ4v) is 2.35. The van der Waals surface area contributed by atoms with Crippen LogP contribution in [0.15, 0.2) is 0 Å². The summed E-state index contributed by atoms with van der Waals surface area (Å²) >= 11 is 0. The summed E-state index contributed by atoms with van der Waals surface area (Å²) in [7, 11) is 4.46. The van der Waals surface area contributed by atoms with Gasteiger partial charge in [0.2, 0.25) is 0 Å². The highest BCUT2D eigenvalue weighted by molar-refractivity contribution is 4.69. The summed E-state index contributed by atoms with van der Waals surface area (Å²) in [5, 5.41) is 0. The first-order valence-corrected chi connectivity index (χ1v) is 6.67. The SMILES string of the molecule is CC(C)CN(C)CCCN1CCN(C)CC1. The largest absolute Gasteiger partial charge is 0.306 e. The van der Waals surface area contributed by atoms with Crippen LogP contribution in [0.3, 0.4) is 0 Å². The molecule has 3 nitrogen and oxygen atoms in total. The Labute approximate surface area is 101 Å². The van der Waals surface area contributed by atoms with E-state index in [0.717, 1.165) is 5.92 Å². The lowest BCUT2D eigenvalue weighted by Crippen LogP contribution is -2.45. The lowest BCUT2D eigenvalue weighted by molar-refractivity contribution is 0.147. The van der Waals surface area contributed by atoms with Gasteiger partial charge in [-0.15, -0.1) is 0 Å². The van der Waals surface area contributed by atoms with Gasteiger partial charge in [0.05, 0.1) is 0 Å². The maximum Gasteiger partial charge on any atom is 0.0110 e. The van der Waals surface area contributed by atoms with Crippen LogP contribution in [0.2, 0.25) is 0 Å². The van der Waals surface area contributed by atoms with E-state index in [1.54, 1.807) is 0 Å². The third-order valence-electron chi connectivity index (χ3n) is 3.29. The minimum atomic E-state index is 0.786. The van der Waals surface area contributed by atoms with Crippen molar-refractivity contribution < 1.29 is 0 Å². The quantitative estimate of drug-likeness (QED) is 0.675. The third-order valence-corrected chi connectivity index (χ3v) is 3.29. The molecule has 0 bridgehead atoms. The zero-order valence-electron chi connectivity index (χ0n) is 11.6. The Bertz CT molecular complexity index is 174. The number of hydrogen-bond acceptors (Lipinski definition) is 3. The van der Waals surface area contributed by atoms with Crippen LogP contribution in [0, 0.1) is 5.92 Å². The third kappa shape index (κ3) is 5.83. The van der Waals surface area contributed by atoms with Crippen molar-refractivity contribution in [2.45, 2.75) is 20.3 Å². The van der Waals surface area contributed by atoms with Gasteiger partial charge in [0.15, 0.2) is 0 Å². The molecule has 0 aromatic carbocycles. The van der Waals surface area contributed by atoms with E-state index in [2.05, 4.69) is 42.6 Å². The van der Waals surface area contributed by atoms with E-state index < -0.39 is 0 Å². The molecular weight excluding hydrogens is 198 g/mol. The van der Waals surface area contributed by atoms with Gasteiger partial charge >= 0.3 is 0 Å². The molecule has 1 aliphatic rings. The van der Waals surface area contributed by atoms with Crippen molar-refractivity contribution >= 4 is 0 Å². The molecule has 3 heteroatoms. The first kappa shape index (κ1) is 13.9. The summed E-state index contributed by atoms with van der Waals surface area (Å²) in [4.78, 5) is 7.48. The van der Waals surface area contributed by atoms with Gasteiger partial charge in [-0.3, -0.25) is 0 Å². The molecule has 0 saturated carbocycles. The predicted molar refractivity (Wildman–Crippen MR) is 70.9 cm³/mol. The molecule has 1 saturated heterocycles. The first-order chi connectivity index (χ1) is 7.58. The molecule has 0 N–H and O–H groups in total. The molecule has 0 aromatic heterocycles. The average molecular weight is 227 g/mol. The first-order valence-electron chi connectivity index (χ1n) is 6.67. The second-order valence-electron chi connectivity index (χ2n) is 5.65. The smallest absolute Gasteiger partial charge is 0.0110 e. The Morgan fingerprint density at radius 3 is 2.31 bits per heavy atom. The molecule has 0 unspecified atom stereocenters. The minimum absolute atomic E-state index is 0.786. The highest BCUT2D eigenvalue weighted by Gasteiger charge is 2.13. The molecule has 1 rings (SSSR count). The van der Waals surface area contributed by atoms with E-state index in [4.69, 9.17) is 0 Å². The van der Waals surface area contributed by atoms with Gasteiger partial charge in [-0.25, -0.2) is 0 Å². The molecule has 96 valence electrons. The van der Waals surface area contributed by atoms with Crippen LogP contribution in [0.1, 0.15) is 20.3 Å². The molecule has 0 amide bonds. The van der Waals surface area contributed by atoms with E-state index >= 15 is 0 Å². The minimum Gasteiger partial charge on any atom is -0.306 e. The van der Waals surface area contributed by atoms with Gasteiger partial charge in [0, 0.05) is 32.7 Å². The van der Waals surface area contributed by atoms with Gasteiger partial charge in [0.25, 0.3) is 0 Å². The highest BCUT2D eigenvalue weighted by Crippen LogP contribution is 2.02. The lowest BCUT2D eigenvalue weighted by Gasteiger charge is -2.32. The Morgan fingerprint density at radius 1 is 1.12 bits per heavy atom. The molecule has 0 radical (unpaired) electrons. The Hall–Kier alpha value is -0.120. The summed E-state index contributed by atoms with van der Waals surface area (Å²) < 4.78 is 0. The van der Waals surface area contributed by atoms with Crippen LogP contribution in [0.25, 0.3) is 0 Å². The molecule has 16 heavy (non-hydrogen) atoms. The van der Waals surface area contributed by atoms with Crippen molar-refractivity contribution in [1.82, 2.24) is 14.7 Å². The lowest BCUT2D eigenvalue weighted by atomic mass is 10.2. The van der Waals surface area contributed by atoms with Gasteiger partial charge < -0.3 is 14.7 Å². The second-order valence-corrected chi connectivity index (χ2v) is 5.65. The maximum absolute atomic E-state index is 2.60. The topological polar surface area (TPSA) is 9.72 Å². The average Bonchev–Trinajstić information content (AvgIpc) is 2.20. The summed E-state index contributed by atoms with van der Waals surface area (Å²) in [5.41, 5.74) is 0. The summed E-state index contributed by atoms with van der Waals surface area (Å²) in [5.74, 6) is 0.786. The maximum atomic E-state index is 2.60. The molecule has 1 fully saturated rings.